The summed E-state index contributed by atoms with van der Waals surface area (Å²) < 4.78 is 13.4. The molecule has 6 nitrogen and oxygen atoms in total. The van der Waals surface area contributed by atoms with Crippen LogP contribution in [-0.2, 0) is 11.3 Å². The maximum Gasteiger partial charge on any atom is 0.304 e. The van der Waals surface area contributed by atoms with E-state index in [0.29, 0.717) is 18.0 Å². The predicted octanol–water partition coefficient (Wildman–Crippen LogP) is 1.98. The van der Waals surface area contributed by atoms with Gasteiger partial charge in [0.2, 0.25) is 11.7 Å². The van der Waals surface area contributed by atoms with Crippen molar-refractivity contribution in [3.8, 4) is 0 Å². The fourth-order valence-electron chi connectivity index (χ4n) is 1.63. The number of nitro benzene ring substituents is 1. The Balaban J connectivity index is 2.53. The van der Waals surface area contributed by atoms with E-state index < -0.39 is 22.5 Å². The molecule has 1 amide bonds. The summed E-state index contributed by atoms with van der Waals surface area (Å²) in [6.45, 7) is 6.55. The van der Waals surface area contributed by atoms with Gasteiger partial charge in [0.25, 0.3) is 0 Å². The minimum absolute atomic E-state index is 0.133. The largest absolute Gasteiger partial charge is 0.354 e. The van der Waals surface area contributed by atoms with E-state index in [4.69, 9.17) is 0 Å². The van der Waals surface area contributed by atoms with Gasteiger partial charge in [-0.3, -0.25) is 14.9 Å². The molecule has 1 atom stereocenters. The summed E-state index contributed by atoms with van der Waals surface area (Å²) in [5.74, 6) is -0.646. The number of nitro groups is 1. The number of benzene rings is 1. The zero-order valence-corrected chi connectivity index (χ0v) is 12.4. The maximum absolute atomic E-state index is 13.4. The molecule has 0 saturated heterocycles. The van der Waals surface area contributed by atoms with E-state index in [2.05, 4.69) is 10.6 Å². The smallest absolute Gasteiger partial charge is 0.304 e. The molecule has 0 fully saturated rings. The average Bonchev–Trinajstić information content (AvgIpc) is 2.41. The summed E-state index contributed by atoms with van der Waals surface area (Å²) >= 11 is 0. The normalized spacial score (nSPS) is 12.2. The lowest BCUT2D eigenvalue weighted by atomic mass is 10.1. The van der Waals surface area contributed by atoms with Gasteiger partial charge in [-0.15, -0.1) is 0 Å². The first-order valence-electron chi connectivity index (χ1n) is 6.75. The van der Waals surface area contributed by atoms with Crippen LogP contribution in [0.15, 0.2) is 18.2 Å². The maximum atomic E-state index is 13.4. The molecule has 1 rings (SSSR count). The monoisotopic (exact) mass is 297 g/mol. The molecule has 1 aromatic carbocycles. The number of nitrogens with zero attached hydrogens (tertiary/aromatic N) is 1. The van der Waals surface area contributed by atoms with Crippen LogP contribution >= 0.6 is 0 Å². The van der Waals surface area contributed by atoms with Crippen LogP contribution in [-0.4, -0.2) is 23.4 Å². The standard InChI is InChI=1S/C14H20FN3O3/c1-9(2)7-17-14(19)10(3)16-8-11-4-5-13(18(20)21)12(15)6-11/h4-6,9-10,16H,7-8H2,1-3H3,(H,17,19). The Morgan fingerprint density at radius 1 is 1.38 bits per heavy atom. The third-order valence-corrected chi connectivity index (χ3v) is 2.90. The van der Waals surface area contributed by atoms with E-state index >= 15 is 0 Å². The third kappa shape index (κ3) is 5.47. The molecular weight excluding hydrogens is 277 g/mol. The molecule has 7 heteroatoms. The number of carbonyl (C=O) groups excluding carboxylic acids is 1. The summed E-state index contributed by atoms with van der Waals surface area (Å²) in [6, 6.07) is 3.26. The van der Waals surface area contributed by atoms with Crippen molar-refractivity contribution in [2.45, 2.75) is 33.4 Å². The fourth-order valence-corrected chi connectivity index (χ4v) is 1.63. The molecule has 116 valence electrons. The van der Waals surface area contributed by atoms with Gasteiger partial charge in [-0.1, -0.05) is 19.9 Å². The number of nitrogens with one attached hydrogen (secondary N) is 2. The predicted molar refractivity (Wildman–Crippen MR) is 77.2 cm³/mol. The topological polar surface area (TPSA) is 84.3 Å². The molecule has 0 heterocycles. The van der Waals surface area contributed by atoms with Gasteiger partial charge in [0.05, 0.1) is 11.0 Å². The van der Waals surface area contributed by atoms with Crippen molar-refractivity contribution in [2.24, 2.45) is 5.92 Å². The molecule has 0 bridgehead atoms. The minimum atomic E-state index is -0.879. The van der Waals surface area contributed by atoms with Crippen molar-refractivity contribution >= 4 is 11.6 Å². The van der Waals surface area contributed by atoms with E-state index in [1.807, 2.05) is 13.8 Å². The molecule has 21 heavy (non-hydrogen) atoms. The highest BCUT2D eigenvalue weighted by atomic mass is 19.1. The highest BCUT2D eigenvalue weighted by molar-refractivity contribution is 5.81. The molecule has 1 aromatic rings. The van der Waals surface area contributed by atoms with Gasteiger partial charge >= 0.3 is 5.69 Å². The number of amides is 1. The van der Waals surface area contributed by atoms with Gasteiger partial charge in [0.1, 0.15) is 0 Å². The molecule has 0 spiro atoms. The Bertz CT molecular complexity index is 520. The van der Waals surface area contributed by atoms with Crippen LogP contribution in [0.25, 0.3) is 0 Å². The summed E-state index contributed by atoms with van der Waals surface area (Å²) in [6.07, 6.45) is 0. The van der Waals surface area contributed by atoms with Crippen molar-refractivity contribution in [2.75, 3.05) is 6.54 Å². The van der Waals surface area contributed by atoms with Crippen LogP contribution in [0.3, 0.4) is 0 Å². The van der Waals surface area contributed by atoms with Gasteiger partial charge in [0, 0.05) is 19.2 Å². The van der Waals surface area contributed by atoms with Crippen molar-refractivity contribution < 1.29 is 14.1 Å². The minimum Gasteiger partial charge on any atom is -0.354 e. The van der Waals surface area contributed by atoms with Gasteiger partial charge in [-0.2, -0.15) is 4.39 Å². The van der Waals surface area contributed by atoms with Gasteiger partial charge in [-0.05, 0) is 24.5 Å². The number of hydrogen-bond acceptors (Lipinski definition) is 4. The van der Waals surface area contributed by atoms with Crippen LogP contribution in [0.4, 0.5) is 10.1 Å². The second kappa shape index (κ2) is 7.68. The molecule has 1 unspecified atom stereocenters. The van der Waals surface area contributed by atoms with E-state index in [1.54, 1.807) is 6.92 Å². The molecule has 0 aromatic heterocycles. The first-order chi connectivity index (χ1) is 9.81. The molecule has 0 saturated carbocycles. The third-order valence-electron chi connectivity index (χ3n) is 2.90. The van der Waals surface area contributed by atoms with Crippen LogP contribution in [0, 0.1) is 21.8 Å². The van der Waals surface area contributed by atoms with E-state index in [1.165, 1.54) is 6.07 Å². The number of rotatable bonds is 7. The lowest BCUT2D eigenvalue weighted by Crippen LogP contribution is -2.42. The lowest BCUT2D eigenvalue weighted by molar-refractivity contribution is -0.387. The SMILES string of the molecule is CC(C)CNC(=O)C(C)NCc1ccc([N+](=O)[O-])c(F)c1. The summed E-state index contributed by atoms with van der Waals surface area (Å²) in [4.78, 5) is 21.5. The lowest BCUT2D eigenvalue weighted by Gasteiger charge is -2.15. The second-order valence-electron chi connectivity index (χ2n) is 5.28. The Morgan fingerprint density at radius 2 is 2.05 bits per heavy atom. The summed E-state index contributed by atoms with van der Waals surface area (Å²) in [5, 5.41) is 16.3. The van der Waals surface area contributed by atoms with E-state index in [9.17, 15) is 19.3 Å². The van der Waals surface area contributed by atoms with Crippen molar-refractivity contribution in [3.63, 3.8) is 0 Å². The Morgan fingerprint density at radius 3 is 2.57 bits per heavy atom. The molecule has 2 N–H and O–H groups in total. The number of hydrogen-bond donors (Lipinski definition) is 2. The first kappa shape index (κ1) is 17.0. The Labute approximate surface area is 122 Å². The van der Waals surface area contributed by atoms with Crippen molar-refractivity contribution in [1.82, 2.24) is 10.6 Å². The van der Waals surface area contributed by atoms with Crippen molar-refractivity contribution in [3.05, 3.63) is 39.7 Å². The molecule has 0 aliphatic heterocycles. The van der Waals surface area contributed by atoms with E-state index in [0.717, 1.165) is 12.1 Å². The first-order valence-corrected chi connectivity index (χ1v) is 6.75. The quantitative estimate of drug-likeness (QED) is 0.595. The highest BCUT2D eigenvalue weighted by Crippen LogP contribution is 2.17. The van der Waals surface area contributed by atoms with Gasteiger partial charge < -0.3 is 10.6 Å². The number of halogens is 1. The summed E-state index contributed by atoms with van der Waals surface area (Å²) in [5.41, 5.74) is -0.0110. The number of carbonyl (C=O) groups is 1. The molecular formula is C14H20FN3O3. The van der Waals surface area contributed by atoms with E-state index in [-0.39, 0.29) is 12.5 Å². The highest BCUT2D eigenvalue weighted by Gasteiger charge is 2.15. The van der Waals surface area contributed by atoms with Crippen molar-refractivity contribution in [1.29, 1.82) is 0 Å². The zero-order valence-electron chi connectivity index (χ0n) is 12.4. The summed E-state index contributed by atoms with van der Waals surface area (Å²) in [7, 11) is 0. The second-order valence-corrected chi connectivity index (χ2v) is 5.28. The molecule has 0 radical (unpaired) electrons. The fraction of sp³-hybridized carbons (Fsp3) is 0.500. The van der Waals surface area contributed by atoms with Gasteiger partial charge in [-0.25, -0.2) is 0 Å². The molecule has 0 aliphatic carbocycles. The van der Waals surface area contributed by atoms with Crippen LogP contribution in [0.1, 0.15) is 26.3 Å². The van der Waals surface area contributed by atoms with Gasteiger partial charge in [0.15, 0.2) is 0 Å². The van der Waals surface area contributed by atoms with Crippen LogP contribution in [0.2, 0.25) is 0 Å². The Hall–Kier alpha value is -2.02. The Kier molecular flexibility index (Phi) is 6.23. The van der Waals surface area contributed by atoms with Crippen LogP contribution in [0.5, 0.6) is 0 Å². The van der Waals surface area contributed by atoms with Crippen LogP contribution < -0.4 is 10.6 Å². The average molecular weight is 297 g/mol. The zero-order chi connectivity index (χ0) is 16.0. The molecule has 0 aliphatic rings.